The van der Waals surface area contributed by atoms with E-state index in [2.05, 4.69) is 10.3 Å². The second-order valence-electron chi connectivity index (χ2n) is 5.05. The first-order chi connectivity index (χ1) is 10.1. The van der Waals surface area contributed by atoms with Crippen LogP contribution in [-0.4, -0.2) is 25.0 Å². The largest absolute Gasteiger partial charge is 0.399 e. The van der Waals surface area contributed by atoms with E-state index in [4.69, 9.17) is 5.73 Å². The summed E-state index contributed by atoms with van der Waals surface area (Å²) in [4.78, 5) is 18.1. The van der Waals surface area contributed by atoms with Crippen molar-refractivity contribution in [1.29, 1.82) is 0 Å². The molecule has 1 amide bonds. The zero-order chi connectivity index (χ0) is 15.2. The summed E-state index contributed by atoms with van der Waals surface area (Å²) in [6.07, 6.45) is 2.68. The van der Waals surface area contributed by atoms with Gasteiger partial charge in [0.25, 0.3) is 0 Å². The minimum Gasteiger partial charge on any atom is -0.399 e. The molecule has 110 valence electrons. The van der Waals surface area contributed by atoms with E-state index in [-0.39, 0.29) is 5.91 Å². The molecule has 21 heavy (non-hydrogen) atoms. The first-order valence-electron chi connectivity index (χ1n) is 6.83. The van der Waals surface area contributed by atoms with Gasteiger partial charge in [-0.1, -0.05) is 18.2 Å². The van der Waals surface area contributed by atoms with Gasteiger partial charge in [-0.2, -0.15) is 0 Å². The number of nitrogens with one attached hydrogen (secondary N) is 1. The quantitative estimate of drug-likeness (QED) is 0.826. The van der Waals surface area contributed by atoms with Crippen LogP contribution in [0.2, 0.25) is 0 Å². The second kappa shape index (κ2) is 6.74. The van der Waals surface area contributed by atoms with Crippen LogP contribution in [0, 0.1) is 0 Å². The third-order valence-electron chi connectivity index (χ3n) is 3.17. The van der Waals surface area contributed by atoms with Crippen LogP contribution in [-0.2, 0) is 11.2 Å². The fourth-order valence-corrected chi connectivity index (χ4v) is 1.96. The Balaban J connectivity index is 1.88. The number of nitrogen functional groups attached to an aromatic ring is 1. The highest BCUT2D eigenvalue weighted by atomic mass is 16.1. The van der Waals surface area contributed by atoms with Crippen molar-refractivity contribution in [3.05, 3.63) is 48.2 Å². The Kier molecular flexibility index (Phi) is 4.77. The number of amides is 1. The van der Waals surface area contributed by atoms with Gasteiger partial charge in [-0.05, 0) is 30.2 Å². The van der Waals surface area contributed by atoms with E-state index < -0.39 is 0 Å². The highest BCUT2D eigenvalue weighted by Crippen LogP contribution is 2.14. The Morgan fingerprint density at radius 2 is 2.00 bits per heavy atom. The maximum Gasteiger partial charge on any atom is 0.224 e. The number of hydrogen-bond donors (Lipinski definition) is 2. The van der Waals surface area contributed by atoms with Gasteiger partial charge in [-0.15, -0.1) is 0 Å². The van der Waals surface area contributed by atoms with Gasteiger partial charge in [-0.25, -0.2) is 4.98 Å². The lowest BCUT2D eigenvalue weighted by molar-refractivity contribution is -0.116. The van der Waals surface area contributed by atoms with E-state index in [9.17, 15) is 4.79 Å². The van der Waals surface area contributed by atoms with Crippen molar-refractivity contribution in [3.63, 3.8) is 0 Å². The number of aromatic nitrogens is 1. The van der Waals surface area contributed by atoms with Crippen LogP contribution >= 0.6 is 0 Å². The smallest absolute Gasteiger partial charge is 0.224 e. The number of hydrogen-bond acceptors (Lipinski definition) is 4. The molecule has 2 aromatic rings. The Morgan fingerprint density at radius 1 is 1.24 bits per heavy atom. The normalized spacial score (nSPS) is 10.2. The molecule has 0 aliphatic heterocycles. The lowest BCUT2D eigenvalue weighted by Gasteiger charge is -2.11. The lowest BCUT2D eigenvalue weighted by Crippen LogP contribution is -2.14. The number of para-hydroxylation sites is 1. The van der Waals surface area contributed by atoms with Crippen molar-refractivity contribution in [1.82, 2.24) is 4.98 Å². The molecule has 0 unspecified atom stereocenters. The molecule has 0 saturated carbocycles. The number of aryl methyl sites for hydroxylation is 1. The van der Waals surface area contributed by atoms with Crippen molar-refractivity contribution in [3.8, 4) is 0 Å². The summed E-state index contributed by atoms with van der Waals surface area (Å²) < 4.78 is 0. The molecule has 0 saturated heterocycles. The Hall–Kier alpha value is -2.56. The van der Waals surface area contributed by atoms with E-state index >= 15 is 0 Å². The second-order valence-corrected chi connectivity index (χ2v) is 5.05. The summed E-state index contributed by atoms with van der Waals surface area (Å²) in [7, 11) is 3.84. The van der Waals surface area contributed by atoms with Crippen LogP contribution in [0.1, 0.15) is 12.0 Å². The van der Waals surface area contributed by atoms with E-state index in [1.165, 1.54) is 0 Å². The standard InChI is InChI=1S/C16H20N4O/c1-20(2)15-9-8-13(11-18-15)19-16(21)10-7-12-5-3-4-6-14(12)17/h3-6,8-9,11H,7,10,17H2,1-2H3,(H,19,21). The molecule has 5 heteroatoms. The van der Waals surface area contributed by atoms with Gasteiger partial charge in [0.05, 0.1) is 11.9 Å². The highest BCUT2D eigenvalue weighted by molar-refractivity contribution is 5.90. The number of rotatable bonds is 5. The summed E-state index contributed by atoms with van der Waals surface area (Å²) in [6, 6.07) is 11.3. The van der Waals surface area contributed by atoms with Gasteiger partial charge in [0.15, 0.2) is 0 Å². The minimum atomic E-state index is -0.0438. The molecule has 3 N–H and O–H groups in total. The number of carbonyl (C=O) groups is 1. The molecule has 0 bridgehead atoms. The number of carbonyl (C=O) groups excluding carboxylic acids is 1. The Labute approximate surface area is 124 Å². The first kappa shape index (κ1) is 14.8. The average Bonchev–Trinajstić information content (AvgIpc) is 2.47. The summed E-state index contributed by atoms with van der Waals surface area (Å²) in [6.45, 7) is 0. The molecule has 0 fully saturated rings. The molecule has 0 atom stereocenters. The molecule has 1 heterocycles. The average molecular weight is 284 g/mol. The maximum absolute atomic E-state index is 11.9. The van der Waals surface area contributed by atoms with E-state index in [0.717, 1.165) is 17.1 Å². The molecular formula is C16H20N4O. The summed E-state index contributed by atoms with van der Waals surface area (Å²) >= 11 is 0. The Morgan fingerprint density at radius 3 is 2.62 bits per heavy atom. The monoisotopic (exact) mass is 284 g/mol. The number of pyridine rings is 1. The van der Waals surface area contributed by atoms with Gasteiger partial charge < -0.3 is 16.0 Å². The molecule has 0 radical (unpaired) electrons. The molecule has 1 aromatic heterocycles. The number of nitrogens with zero attached hydrogens (tertiary/aromatic N) is 2. The van der Waals surface area contributed by atoms with Gasteiger partial charge in [-0.3, -0.25) is 4.79 Å². The fraction of sp³-hybridized carbons (Fsp3) is 0.250. The van der Waals surface area contributed by atoms with Crippen molar-refractivity contribution < 1.29 is 4.79 Å². The number of nitrogens with two attached hydrogens (primary N) is 1. The van der Waals surface area contributed by atoms with Gasteiger partial charge in [0.2, 0.25) is 5.91 Å². The highest BCUT2D eigenvalue weighted by Gasteiger charge is 2.05. The molecule has 0 spiro atoms. The van der Waals surface area contributed by atoms with Crippen LogP contribution < -0.4 is 16.0 Å². The molecule has 0 aliphatic rings. The third-order valence-corrected chi connectivity index (χ3v) is 3.17. The van der Waals surface area contributed by atoms with Crippen LogP contribution in [0.4, 0.5) is 17.2 Å². The first-order valence-corrected chi connectivity index (χ1v) is 6.83. The molecule has 1 aromatic carbocycles. The predicted octanol–water partition coefficient (Wildman–Crippen LogP) is 2.30. The summed E-state index contributed by atoms with van der Waals surface area (Å²) in [5, 5.41) is 2.84. The topological polar surface area (TPSA) is 71.2 Å². The van der Waals surface area contributed by atoms with E-state index in [1.807, 2.05) is 55.4 Å². The van der Waals surface area contributed by atoms with Gasteiger partial charge in [0.1, 0.15) is 5.82 Å². The lowest BCUT2D eigenvalue weighted by atomic mass is 10.1. The zero-order valence-electron chi connectivity index (χ0n) is 12.3. The third kappa shape index (κ3) is 4.21. The molecule has 2 rings (SSSR count). The molecular weight excluding hydrogens is 264 g/mol. The predicted molar refractivity (Wildman–Crippen MR) is 86.4 cm³/mol. The van der Waals surface area contributed by atoms with Crippen molar-refractivity contribution in [2.75, 3.05) is 30.0 Å². The van der Waals surface area contributed by atoms with Crippen LogP contribution in [0.5, 0.6) is 0 Å². The summed E-state index contributed by atoms with van der Waals surface area (Å²) in [5.41, 5.74) is 8.28. The van der Waals surface area contributed by atoms with Gasteiger partial charge >= 0.3 is 0 Å². The van der Waals surface area contributed by atoms with Crippen molar-refractivity contribution in [2.24, 2.45) is 0 Å². The van der Waals surface area contributed by atoms with Gasteiger partial charge in [0, 0.05) is 26.2 Å². The van der Waals surface area contributed by atoms with Crippen molar-refractivity contribution in [2.45, 2.75) is 12.8 Å². The maximum atomic E-state index is 11.9. The van der Waals surface area contributed by atoms with Crippen LogP contribution in [0.3, 0.4) is 0 Å². The van der Waals surface area contributed by atoms with E-state index in [0.29, 0.717) is 18.5 Å². The zero-order valence-corrected chi connectivity index (χ0v) is 12.3. The molecule has 5 nitrogen and oxygen atoms in total. The number of anilines is 3. The van der Waals surface area contributed by atoms with Crippen LogP contribution in [0.15, 0.2) is 42.6 Å². The van der Waals surface area contributed by atoms with E-state index in [1.54, 1.807) is 6.20 Å². The Bertz CT molecular complexity index is 608. The fourth-order valence-electron chi connectivity index (χ4n) is 1.96. The summed E-state index contributed by atoms with van der Waals surface area (Å²) in [5.74, 6) is 0.808. The molecule has 0 aliphatic carbocycles. The van der Waals surface area contributed by atoms with Crippen molar-refractivity contribution >= 4 is 23.1 Å². The number of benzene rings is 1. The minimum absolute atomic E-state index is 0.0438. The SMILES string of the molecule is CN(C)c1ccc(NC(=O)CCc2ccccc2N)cn1. The van der Waals surface area contributed by atoms with Crippen LogP contribution in [0.25, 0.3) is 0 Å².